The first-order valence-electron chi connectivity index (χ1n) is 7.70. The van der Waals surface area contributed by atoms with Gasteiger partial charge in [-0.1, -0.05) is 12.1 Å². The molecule has 128 valence electrons. The number of esters is 1. The van der Waals surface area contributed by atoms with Crippen LogP contribution in [0.15, 0.2) is 71.0 Å². The maximum Gasteiger partial charge on any atom is 0.346 e. The number of ether oxygens (including phenoxy) is 2. The zero-order chi connectivity index (χ0) is 18.1. The summed E-state index contributed by atoms with van der Waals surface area (Å²) in [6, 6.07) is 13.3. The van der Waals surface area contributed by atoms with Gasteiger partial charge in [-0.3, -0.25) is 4.79 Å². The van der Waals surface area contributed by atoms with Crippen molar-refractivity contribution in [2.45, 2.75) is 0 Å². The van der Waals surface area contributed by atoms with E-state index in [0.29, 0.717) is 11.3 Å². The molecular formula is C20H11FO5. The molecule has 0 fully saturated rings. The zero-order valence-corrected chi connectivity index (χ0v) is 13.3. The van der Waals surface area contributed by atoms with Crippen molar-refractivity contribution in [2.75, 3.05) is 0 Å². The van der Waals surface area contributed by atoms with Crippen molar-refractivity contribution in [3.63, 3.8) is 0 Å². The molecule has 4 rings (SSSR count). The Balaban J connectivity index is 1.57. The van der Waals surface area contributed by atoms with Crippen molar-refractivity contribution in [3.05, 3.63) is 89.3 Å². The third-order valence-electron chi connectivity index (χ3n) is 3.76. The third-order valence-corrected chi connectivity index (χ3v) is 3.76. The number of carbonyl (C=O) groups excluding carboxylic acids is 2. The van der Waals surface area contributed by atoms with Gasteiger partial charge in [-0.25, -0.2) is 9.18 Å². The van der Waals surface area contributed by atoms with E-state index in [2.05, 4.69) is 0 Å². The summed E-state index contributed by atoms with van der Waals surface area (Å²) < 4.78 is 29.5. The lowest BCUT2D eigenvalue weighted by molar-refractivity contribution is 0.0729. The van der Waals surface area contributed by atoms with Crippen LogP contribution >= 0.6 is 0 Å². The maximum atomic E-state index is 13.7. The number of rotatable bonds is 3. The van der Waals surface area contributed by atoms with E-state index in [1.807, 2.05) is 0 Å². The lowest BCUT2D eigenvalue weighted by atomic mass is 10.1. The first-order chi connectivity index (χ1) is 12.6. The summed E-state index contributed by atoms with van der Waals surface area (Å²) in [4.78, 5) is 24.4. The first-order valence-corrected chi connectivity index (χ1v) is 7.70. The van der Waals surface area contributed by atoms with Gasteiger partial charge in [0, 0.05) is 12.1 Å². The smallest absolute Gasteiger partial charge is 0.346 e. The number of Topliss-reactive ketones (excluding diaryl/α,β-unsaturated/α-hetero) is 1. The number of hydrogen-bond acceptors (Lipinski definition) is 5. The Hall–Kier alpha value is -3.67. The van der Waals surface area contributed by atoms with Crippen LogP contribution in [0.4, 0.5) is 4.39 Å². The minimum Gasteiger partial charge on any atom is -0.465 e. The number of carbonyl (C=O) groups is 2. The van der Waals surface area contributed by atoms with Crippen molar-refractivity contribution in [3.8, 4) is 11.5 Å². The second-order valence-corrected chi connectivity index (χ2v) is 5.48. The van der Waals surface area contributed by atoms with Crippen LogP contribution in [0.5, 0.6) is 11.5 Å². The second kappa shape index (κ2) is 6.33. The van der Waals surface area contributed by atoms with Gasteiger partial charge in [-0.2, -0.15) is 0 Å². The fourth-order valence-electron chi connectivity index (χ4n) is 2.52. The molecule has 0 saturated carbocycles. The van der Waals surface area contributed by atoms with E-state index in [0.717, 1.165) is 0 Å². The van der Waals surface area contributed by atoms with E-state index in [4.69, 9.17) is 13.9 Å². The van der Waals surface area contributed by atoms with Crippen molar-refractivity contribution in [1.82, 2.24) is 0 Å². The maximum absolute atomic E-state index is 13.7. The molecule has 0 unspecified atom stereocenters. The van der Waals surface area contributed by atoms with E-state index < -0.39 is 11.8 Å². The van der Waals surface area contributed by atoms with Gasteiger partial charge in [0.25, 0.3) is 0 Å². The quantitative estimate of drug-likeness (QED) is 0.401. The van der Waals surface area contributed by atoms with E-state index >= 15 is 0 Å². The van der Waals surface area contributed by atoms with Crippen LogP contribution in [0.1, 0.15) is 26.5 Å². The van der Waals surface area contributed by atoms with Crippen LogP contribution in [0.25, 0.3) is 6.08 Å². The third kappa shape index (κ3) is 2.88. The first kappa shape index (κ1) is 15.8. The van der Waals surface area contributed by atoms with Crippen molar-refractivity contribution in [2.24, 2.45) is 0 Å². The van der Waals surface area contributed by atoms with Crippen LogP contribution in [0.3, 0.4) is 0 Å². The number of benzene rings is 2. The summed E-state index contributed by atoms with van der Waals surface area (Å²) in [6.07, 6.45) is 2.96. The number of hydrogen-bond donors (Lipinski definition) is 0. The number of allylic oxidation sites excluding steroid dienone is 1. The molecule has 0 radical (unpaired) electrons. The van der Waals surface area contributed by atoms with Gasteiger partial charge in [-0.15, -0.1) is 0 Å². The largest absolute Gasteiger partial charge is 0.465 e. The molecular weight excluding hydrogens is 339 g/mol. The molecule has 26 heavy (non-hydrogen) atoms. The van der Waals surface area contributed by atoms with Gasteiger partial charge in [-0.05, 0) is 36.4 Å². The van der Waals surface area contributed by atoms with Crippen molar-refractivity contribution in [1.29, 1.82) is 0 Å². The predicted octanol–water partition coefficient (Wildman–Crippen LogP) is 4.25. The normalized spacial score (nSPS) is 14.2. The van der Waals surface area contributed by atoms with Crippen molar-refractivity contribution < 1.29 is 27.9 Å². The highest BCUT2D eigenvalue weighted by Crippen LogP contribution is 2.35. The minimum atomic E-state index is -0.835. The molecule has 6 heteroatoms. The molecule has 2 aromatic carbocycles. The molecule has 1 aliphatic rings. The number of ketones is 1. The molecule has 5 nitrogen and oxygen atoms in total. The molecule has 0 atom stereocenters. The SMILES string of the molecule is O=C(Oc1ccc2c(c1)O/C(=C/c1ccco1)C2=O)c1ccccc1F. The zero-order valence-electron chi connectivity index (χ0n) is 13.3. The fraction of sp³-hybridized carbons (Fsp3) is 0. The lowest BCUT2D eigenvalue weighted by Crippen LogP contribution is -2.10. The van der Waals surface area contributed by atoms with Gasteiger partial charge in [0.15, 0.2) is 5.76 Å². The monoisotopic (exact) mass is 350 g/mol. The molecule has 0 amide bonds. The molecule has 0 saturated heterocycles. The highest BCUT2D eigenvalue weighted by molar-refractivity contribution is 6.14. The van der Waals surface area contributed by atoms with Gasteiger partial charge in [0.1, 0.15) is 23.1 Å². The van der Waals surface area contributed by atoms with E-state index in [1.54, 1.807) is 12.1 Å². The fourth-order valence-corrected chi connectivity index (χ4v) is 2.52. The van der Waals surface area contributed by atoms with Crippen LogP contribution < -0.4 is 9.47 Å². The van der Waals surface area contributed by atoms with Gasteiger partial charge in [0.05, 0.1) is 17.4 Å². The lowest BCUT2D eigenvalue weighted by Gasteiger charge is -2.06. The Labute approximate surface area is 147 Å². The minimum absolute atomic E-state index is 0.104. The van der Waals surface area contributed by atoms with E-state index in [9.17, 15) is 14.0 Å². The second-order valence-electron chi connectivity index (χ2n) is 5.48. The van der Waals surface area contributed by atoms with Crippen molar-refractivity contribution >= 4 is 17.8 Å². The molecule has 1 aliphatic heterocycles. The summed E-state index contributed by atoms with van der Waals surface area (Å²) in [6.45, 7) is 0. The van der Waals surface area contributed by atoms with E-state index in [1.165, 1.54) is 54.8 Å². The van der Waals surface area contributed by atoms with Crippen LogP contribution in [-0.2, 0) is 0 Å². The topological polar surface area (TPSA) is 65.7 Å². The summed E-state index contributed by atoms with van der Waals surface area (Å²) in [5.41, 5.74) is 0.164. The van der Waals surface area contributed by atoms with Crippen LogP contribution in [0.2, 0.25) is 0 Å². The number of furan rings is 1. The molecule has 0 bridgehead atoms. The highest BCUT2D eigenvalue weighted by Gasteiger charge is 2.28. The molecule has 3 aromatic rings. The van der Waals surface area contributed by atoms with Gasteiger partial charge in [0.2, 0.25) is 5.78 Å². The number of fused-ring (bicyclic) bond motifs is 1. The van der Waals surface area contributed by atoms with Gasteiger partial charge < -0.3 is 13.9 Å². The molecule has 0 N–H and O–H groups in total. The molecule has 2 heterocycles. The average molecular weight is 350 g/mol. The average Bonchev–Trinajstić information content (AvgIpc) is 3.24. The summed E-state index contributed by atoms with van der Waals surface area (Å²) in [7, 11) is 0. The van der Waals surface area contributed by atoms with Crippen LogP contribution in [-0.4, -0.2) is 11.8 Å². The molecule has 1 aromatic heterocycles. The molecule has 0 spiro atoms. The Bertz CT molecular complexity index is 1030. The summed E-state index contributed by atoms with van der Waals surface area (Å²) >= 11 is 0. The Morgan fingerprint density at radius 1 is 1.08 bits per heavy atom. The predicted molar refractivity (Wildman–Crippen MR) is 89.4 cm³/mol. The van der Waals surface area contributed by atoms with Crippen LogP contribution in [0, 0.1) is 5.82 Å². The highest BCUT2D eigenvalue weighted by atomic mass is 19.1. The Morgan fingerprint density at radius 2 is 1.92 bits per heavy atom. The molecule has 0 aliphatic carbocycles. The standard InChI is InChI=1S/C20H11FO5/c21-16-6-2-1-5-14(16)20(23)25-13-7-8-15-17(11-13)26-18(19(15)22)10-12-4-3-9-24-12/h1-11H/b18-10+. The summed E-state index contributed by atoms with van der Waals surface area (Å²) in [5, 5.41) is 0. The number of halogens is 1. The van der Waals surface area contributed by atoms with E-state index in [-0.39, 0.29) is 28.6 Å². The Kier molecular flexibility index (Phi) is 3.85. The summed E-state index contributed by atoms with van der Waals surface area (Å²) in [5.74, 6) is -0.827. The van der Waals surface area contributed by atoms with Gasteiger partial charge >= 0.3 is 5.97 Å². The Morgan fingerprint density at radius 3 is 2.69 bits per heavy atom.